The Kier molecular flexibility index (Phi) is 2.57. The van der Waals surface area contributed by atoms with Crippen LogP contribution in [0.15, 0.2) is 48.9 Å². The molecule has 3 aromatic heterocycles. The first-order valence-corrected chi connectivity index (χ1v) is 5.57. The van der Waals surface area contributed by atoms with Gasteiger partial charge in [0.25, 0.3) is 0 Å². The molecule has 0 saturated carbocycles. The fourth-order valence-electron chi connectivity index (χ4n) is 1.79. The van der Waals surface area contributed by atoms with Gasteiger partial charge in [-0.3, -0.25) is 9.97 Å². The van der Waals surface area contributed by atoms with Gasteiger partial charge in [-0.2, -0.15) is 0 Å². The highest BCUT2D eigenvalue weighted by molar-refractivity contribution is 5.59. The molecule has 0 aliphatic rings. The van der Waals surface area contributed by atoms with Crippen molar-refractivity contribution < 1.29 is 0 Å². The molecule has 0 radical (unpaired) electrons. The minimum absolute atomic E-state index is 0.745. The van der Waals surface area contributed by atoms with E-state index in [0.29, 0.717) is 0 Å². The van der Waals surface area contributed by atoms with Crippen molar-refractivity contribution in [2.24, 2.45) is 7.05 Å². The number of rotatable bonds is 2. The molecule has 0 aliphatic heterocycles. The maximum absolute atomic E-state index is 4.28. The zero-order chi connectivity index (χ0) is 12.4. The van der Waals surface area contributed by atoms with Crippen LogP contribution in [0.2, 0.25) is 0 Å². The van der Waals surface area contributed by atoms with Crippen LogP contribution in [0.4, 0.5) is 0 Å². The minimum Gasteiger partial charge on any atom is -0.309 e. The maximum Gasteiger partial charge on any atom is 0.182 e. The van der Waals surface area contributed by atoms with E-state index in [2.05, 4.69) is 20.2 Å². The molecule has 3 rings (SSSR count). The monoisotopic (exact) mass is 237 g/mol. The van der Waals surface area contributed by atoms with Crippen LogP contribution in [-0.2, 0) is 7.05 Å². The van der Waals surface area contributed by atoms with Crippen molar-refractivity contribution in [2.75, 3.05) is 0 Å². The first-order valence-electron chi connectivity index (χ1n) is 5.57. The lowest BCUT2D eigenvalue weighted by Gasteiger charge is -2.02. The molecule has 0 unspecified atom stereocenters. The molecule has 5 heteroatoms. The van der Waals surface area contributed by atoms with Crippen LogP contribution in [0.25, 0.3) is 22.9 Å². The summed E-state index contributed by atoms with van der Waals surface area (Å²) in [4.78, 5) is 8.37. The first kappa shape index (κ1) is 10.6. The van der Waals surface area contributed by atoms with Gasteiger partial charge in [0.05, 0.1) is 0 Å². The van der Waals surface area contributed by atoms with Crippen molar-refractivity contribution in [3.05, 3.63) is 48.9 Å². The van der Waals surface area contributed by atoms with E-state index in [-0.39, 0.29) is 0 Å². The van der Waals surface area contributed by atoms with E-state index in [1.165, 1.54) is 0 Å². The zero-order valence-corrected chi connectivity index (χ0v) is 9.85. The van der Waals surface area contributed by atoms with Crippen LogP contribution < -0.4 is 0 Å². The fourth-order valence-corrected chi connectivity index (χ4v) is 1.79. The number of hydrogen-bond donors (Lipinski definition) is 0. The van der Waals surface area contributed by atoms with Crippen molar-refractivity contribution >= 4 is 0 Å². The number of aromatic nitrogens is 5. The third kappa shape index (κ3) is 1.75. The van der Waals surface area contributed by atoms with Crippen LogP contribution in [0, 0.1) is 0 Å². The van der Waals surface area contributed by atoms with Crippen molar-refractivity contribution in [3.63, 3.8) is 0 Å². The molecule has 0 aromatic carbocycles. The van der Waals surface area contributed by atoms with Crippen LogP contribution in [0.5, 0.6) is 0 Å². The van der Waals surface area contributed by atoms with Crippen LogP contribution in [0.3, 0.4) is 0 Å². The SMILES string of the molecule is Cn1c(-c2cccnc2)nnc1-c1ccccn1. The Labute approximate surface area is 104 Å². The maximum atomic E-state index is 4.28. The molecule has 0 atom stereocenters. The van der Waals surface area contributed by atoms with Crippen molar-refractivity contribution in [2.45, 2.75) is 0 Å². The van der Waals surface area contributed by atoms with Crippen molar-refractivity contribution in [3.8, 4) is 22.9 Å². The molecule has 0 saturated heterocycles. The van der Waals surface area contributed by atoms with Gasteiger partial charge in [0.2, 0.25) is 0 Å². The normalized spacial score (nSPS) is 10.5. The molecule has 3 aromatic rings. The first-order chi connectivity index (χ1) is 8.86. The van der Waals surface area contributed by atoms with Gasteiger partial charge in [-0.05, 0) is 24.3 Å². The summed E-state index contributed by atoms with van der Waals surface area (Å²) in [6, 6.07) is 9.56. The van der Waals surface area contributed by atoms with E-state index >= 15 is 0 Å². The molecule has 0 aliphatic carbocycles. The van der Waals surface area contributed by atoms with E-state index in [1.807, 2.05) is 41.9 Å². The van der Waals surface area contributed by atoms with Gasteiger partial charge in [0, 0.05) is 31.2 Å². The predicted molar refractivity (Wildman–Crippen MR) is 67.5 cm³/mol. The number of nitrogens with zero attached hydrogens (tertiary/aromatic N) is 5. The number of hydrogen-bond acceptors (Lipinski definition) is 4. The van der Waals surface area contributed by atoms with Gasteiger partial charge < -0.3 is 4.57 Å². The molecule has 0 amide bonds. The average molecular weight is 237 g/mol. The Hall–Kier alpha value is -2.56. The third-order valence-corrected chi connectivity index (χ3v) is 2.69. The fraction of sp³-hybridized carbons (Fsp3) is 0.0769. The Morgan fingerprint density at radius 1 is 0.944 bits per heavy atom. The number of pyridine rings is 2. The summed E-state index contributed by atoms with van der Waals surface area (Å²) in [6.45, 7) is 0. The van der Waals surface area contributed by atoms with Crippen molar-refractivity contribution in [1.29, 1.82) is 0 Å². The summed E-state index contributed by atoms with van der Waals surface area (Å²) >= 11 is 0. The zero-order valence-electron chi connectivity index (χ0n) is 9.85. The highest BCUT2D eigenvalue weighted by atomic mass is 15.3. The Morgan fingerprint density at radius 2 is 1.83 bits per heavy atom. The summed E-state index contributed by atoms with van der Waals surface area (Å²) in [5.41, 5.74) is 1.75. The quantitative estimate of drug-likeness (QED) is 0.683. The molecule has 88 valence electrons. The van der Waals surface area contributed by atoms with Crippen LogP contribution in [-0.4, -0.2) is 24.7 Å². The lowest BCUT2D eigenvalue weighted by Crippen LogP contribution is -1.97. The van der Waals surface area contributed by atoms with Crippen LogP contribution in [0.1, 0.15) is 0 Å². The molecule has 5 nitrogen and oxygen atoms in total. The van der Waals surface area contributed by atoms with Gasteiger partial charge in [-0.15, -0.1) is 10.2 Å². The third-order valence-electron chi connectivity index (χ3n) is 2.69. The second-order valence-electron chi connectivity index (χ2n) is 3.86. The molecule has 0 fully saturated rings. The minimum atomic E-state index is 0.745. The molecule has 0 N–H and O–H groups in total. The molecule has 0 spiro atoms. The Bertz CT molecular complexity index is 589. The molecule has 18 heavy (non-hydrogen) atoms. The topological polar surface area (TPSA) is 56.5 Å². The Balaban J connectivity index is 2.09. The molecule has 0 bridgehead atoms. The van der Waals surface area contributed by atoms with Gasteiger partial charge in [-0.25, -0.2) is 0 Å². The van der Waals surface area contributed by atoms with Gasteiger partial charge >= 0.3 is 0 Å². The highest BCUT2D eigenvalue weighted by Crippen LogP contribution is 2.20. The van der Waals surface area contributed by atoms with E-state index in [1.54, 1.807) is 18.6 Å². The summed E-state index contributed by atoms with van der Waals surface area (Å²) in [6.07, 6.45) is 5.25. The smallest absolute Gasteiger partial charge is 0.182 e. The standard InChI is InChI=1S/C13H11N5/c1-18-12(10-5-4-7-14-9-10)16-17-13(18)11-6-2-3-8-15-11/h2-9H,1H3. The van der Waals surface area contributed by atoms with E-state index in [0.717, 1.165) is 22.9 Å². The van der Waals surface area contributed by atoms with E-state index in [9.17, 15) is 0 Å². The van der Waals surface area contributed by atoms with Crippen LogP contribution >= 0.6 is 0 Å². The predicted octanol–water partition coefficient (Wildman–Crippen LogP) is 1.94. The lowest BCUT2D eigenvalue weighted by molar-refractivity contribution is 0.922. The largest absolute Gasteiger partial charge is 0.309 e. The van der Waals surface area contributed by atoms with Crippen molar-refractivity contribution in [1.82, 2.24) is 24.7 Å². The summed E-state index contributed by atoms with van der Waals surface area (Å²) in [5, 5.41) is 8.38. The lowest BCUT2D eigenvalue weighted by atomic mass is 10.2. The van der Waals surface area contributed by atoms with E-state index < -0.39 is 0 Å². The highest BCUT2D eigenvalue weighted by Gasteiger charge is 2.12. The second kappa shape index (κ2) is 4.37. The average Bonchev–Trinajstić information content (AvgIpc) is 2.83. The Morgan fingerprint density at radius 3 is 2.56 bits per heavy atom. The summed E-state index contributed by atoms with van der Waals surface area (Å²) in [7, 11) is 1.92. The summed E-state index contributed by atoms with van der Waals surface area (Å²) in [5.74, 6) is 1.53. The van der Waals surface area contributed by atoms with Gasteiger partial charge in [0.15, 0.2) is 11.6 Å². The second-order valence-corrected chi connectivity index (χ2v) is 3.86. The van der Waals surface area contributed by atoms with E-state index in [4.69, 9.17) is 0 Å². The molecule has 3 heterocycles. The summed E-state index contributed by atoms with van der Waals surface area (Å²) < 4.78 is 1.92. The molecular weight excluding hydrogens is 226 g/mol. The van der Waals surface area contributed by atoms with Gasteiger partial charge in [0.1, 0.15) is 5.69 Å². The molecular formula is C13H11N5. The van der Waals surface area contributed by atoms with Gasteiger partial charge in [-0.1, -0.05) is 6.07 Å².